The van der Waals surface area contributed by atoms with E-state index < -0.39 is 20.0 Å². The van der Waals surface area contributed by atoms with Crippen molar-refractivity contribution in [1.82, 2.24) is 5.32 Å². The number of phosphoric ester groups is 1. The van der Waals surface area contributed by atoms with Crippen molar-refractivity contribution in [3.05, 3.63) is 12.2 Å². The fourth-order valence-electron chi connectivity index (χ4n) is 12.9. The van der Waals surface area contributed by atoms with Crippen molar-refractivity contribution in [2.75, 3.05) is 40.9 Å². The van der Waals surface area contributed by atoms with Crippen LogP contribution in [0.3, 0.4) is 0 Å². The van der Waals surface area contributed by atoms with Crippen LogP contribution in [-0.4, -0.2) is 69.4 Å². The molecule has 0 fully saturated rings. The SMILES string of the molecule is CCCCCCCCCCCCC/C=C/C(OC(=O)CCCCCCCCCCCCCCCCCCCCCCCCCCCCC)C(COP(=O)([O-])OCC[N+](C)(C)C)NC(=O)CCCCCCCCCCCCCCCCCCCCCCCCCCC. The van der Waals surface area contributed by atoms with Gasteiger partial charge in [-0.05, 0) is 31.8 Å². The molecule has 91 heavy (non-hydrogen) atoms. The summed E-state index contributed by atoms with van der Waals surface area (Å²) in [5, 5.41) is 3.07. The summed E-state index contributed by atoms with van der Waals surface area (Å²) in [7, 11) is 1.22. The number of rotatable bonds is 77. The zero-order chi connectivity index (χ0) is 66.3. The van der Waals surface area contributed by atoms with E-state index in [1.165, 1.54) is 353 Å². The topological polar surface area (TPSA) is 114 Å². The standard InChI is InChI=1S/C81H161N2O7P/c1-7-10-13-16-19-22-25-28-30-32-34-36-38-40-41-43-45-47-49-51-53-56-59-62-65-68-71-74-81(85)90-79(72-69-66-63-60-57-54-27-24-21-18-15-12-9-3)78(77-89-91(86,87)88-76-75-83(4,5)6)82-80(84)73-70-67-64-61-58-55-52-50-48-46-44-42-39-37-35-33-31-29-26-23-20-17-14-11-8-2/h69,72,78-79H,7-68,70-71,73-77H2,1-6H3,(H-,82,84,86,87)/b72-69+. The molecule has 0 saturated heterocycles. The zero-order valence-electron chi connectivity index (χ0n) is 62.4. The first-order valence-electron chi connectivity index (χ1n) is 41.0. The van der Waals surface area contributed by atoms with Crippen LogP contribution in [0.25, 0.3) is 0 Å². The van der Waals surface area contributed by atoms with Gasteiger partial charge in [0, 0.05) is 12.8 Å². The van der Waals surface area contributed by atoms with Gasteiger partial charge in [-0.3, -0.25) is 14.2 Å². The van der Waals surface area contributed by atoms with Crippen LogP contribution in [-0.2, 0) is 27.9 Å². The molecule has 3 atom stereocenters. The highest BCUT2D eigenvalue weighted by Crippen LogP contribution is 2.38. The number of carbonyl (C=O) groups excluding carboxylic acids is 2. The number of unbranched alkanes of at least 4 members (excludes halogenated alkanes) is 61. The van der Waals surface area contributed by atoms with E-state index in [-0.39, 0.29) is 31.5 Å². The summed E-state index contributed by atoms with van der Waals surface area (Å²) in [4.78, 5) is 40.4. The molecule has 1 amide bonds. The van der Waals surface area contributed by atoms with Crippen molar-refractivity contribution in [1.29, 1.82) is 0 Å². The predicted octanol–water partition coefficient (Wildman–Crippen LogP) is 26.0. The number of hydrogen-bond donors (Lipinski definition) is 1. The molecule has 0 aromatic carbocycles. The van der Waals surface area contributed by atoms with Gasteiger partial charge in [-0.25, -0.2) is 0 Å². The summed E-state index contributed by atoms with van der Waals surface area (Å²) in [6.07, 6.45) is 88.0. The number of ether oxygens (including phenoxy) is 1. The van der Waals surface area contributed by atoms with Crippen LogP contribution in [0.4, 0.5) is 0 Å². The molecule has 9 nitrogen and oxygen atoms in total. The van der Waals surface area contributed by atoms with Crippen LogP contribution in [0.15, 0.2) is 12.2 Å². The second-order valence-corrected chi connectivity index (χ2v) is 31.1. The first-order chi connectivity index (χ1) is 44.4. The molecule has 0 aliphatic rings. The van der Waals surface area contributed by atoms with E-state index in [2.05, 4.69) is 26.1 Å². The minimum atomic E-state index is -4.70. The molecule has 0 spiro atoms. The molecule has 0 aliphatic heterocycles. The summed E-state index contributed by atoms with van der Waals surface area (Å²) in [6.45, 7) is 6.95. The van der Waals surface area contributed by atoms with E-state index in [1.807, 2.05) is 33.3 Å². The number of likely N-dealkylation sites (N-methyl/N-ethyl adjacent to an activating group) is 1. The van der Waals surface area contributed by atoms with Crippen molar-refractivity contribution in [3.63, 3.8) is 0 Å². The lowest BCUT2D eigenvalue weighted by Gasteiger charge is -2.30. The second kappa shape index (κ2) is 71.5. The lowest BCUT2D eigenvalue weighted by atomic mass is 10.0. The number of phosphoric acid groups is 1. The fourth-order valence-corrected chi connectivity index (χ4v) is 13.7. The van der Waals surface area contributed by atoms with Gasteiger partial charge in [0.15, 0.2) is 0 Å². The van der Waals surface area contributed by atoms with Gasteiger partial charge in [0.25, 0.3) is 7.82 Å². The molecule has 10 heteroatoms. The highest BCUT2D eigenvalue weighted by Gasteiger charge is 2.27. The highest BCUT2D eigenvalue weighted by molar-refractivity contribution is 7.45. The van der Waals surface area contributed by atoms with E-state index in [1.54, 1.807) is 0 Å². The Labute approximate surface area is 569 Å². The van der Waals surface area contributed by atoms with Crippen molar-refractivity contribution < 1.29 is 37.3 Å². The summed E-state index contributed by atoms with van der Waals surface area (Å²) >= 11 is 0. The molecule has 542 valence electrons. The van der Waals surface area contributed by atoms with E-state index in [4.69, 9.17) is 13.8 Å². The Bertz CT molecular complexity index is 1550. The van der Waals surface area contributed by atoms with Crippen LogP contribution >= 0.6 is 7.82 Å². The Morgan fingerprint density at radius 1 is 0.374 bits per heavy atom. The largest absolute Gasteiger partial charge is 0.756 e. The lowest BCUT2D eigenvalue weighted by Crippen LogP contribution is -2.47. The van der Waals surface area contributed by atoms with Gasteiger partial charge in [-0.2, -0.15) is 0 Å². The van der Waals surface area contributed by atoms with Crippen LogP contribution in [0.1, 0.15) is 445 Å². The average Bonchev–Trinajstić information content (AvgIpc) is 3.70. The Kier molecular flexibility index (Phi) is 70.5. The maximum absolute atomic E-state index is 13.7. The molecule has 0 bridgehead atoms. The number of nitrogens with one attached hydrogen (secondary N) is 1. The molecule has 0 rings (SSSR count). The summed E-state index contributed by atoms with van der Waals surface area (Å²) in [5.74, 6) is -0.507. The first-order valence-corrected chi connectivity index (χ1v) is 42.5. The van der Waals surface area contributed by atoms with Gasteiger partial charge < -0.3 is 28.5 Å². The van der Waals surface area contributed by atoms with Gasteiger partial charge >= 0.3 is 5.97 Å². The van der Waals surface area contributed by atoms with Gasteiger partial charge in [-0.1, -0.05) is 412 Å². The molecule has 0 heterocycles. The number of hydrogen-bond acceptors (Lipinski definition) is 7. The maximum Gasteiger partial charge on any atom is 0.306 e. The van der Waals surface area contributed by atoms with Gasteiger partial charge in [0.2, 0.25) is 5.91 Å². The maximum atomic E-state index is 13.7. The molecule has 0 aromatic rings. The van der Waals surface area contributed by atoms with E-state index >= 15 is 0 Å². The molecular weight excluding hydrogens is 1140 g/mol. The van der Waals surface area contributed by atoms with Crippen molar-refractivity contribution in [2.45, 2.75) is 457 Å². The van der Waals surface area contributed by atoms with E-state index in [0.717, 1.165) is 57.8 Å². The summed E-state index contributed by atoms with van der Waals surface area (Å²) in [6, 6.07) is -0.882. The number of carbonyl (C=O) groups is 2. The smallest absolute Gasteiger partial charge is 0.306 e. The molecule has 0 aromatic heterocycles. The Hall–Kier alpha value is -1.25. The average molecular weight is 1310 g/mol. The van der Waals surface area contributed by atoms with Crippen LogP contribution < -0.4 is 10.2 Å². The number of esters is 1. The third-order valence-electron chi connectivity index (χ3n) is 19.2. The van der Waals surface area contributed by atoms with Crippen LogP contribution in [0.2, 0.25) is 0 Å². The quantitative estimate of drug-likeness (QED) is 0.0212. The molecule has 3 unspecified atom stereocenters. The second-order valence-electron chi connectivity index (χ2n) is 29.6. The molecule has 0 saturated carbocycles. The monoisotopic (exact) mass is 1310 g/mol. The van der Waals surface area contributed by atoms with E-state index in [0.29, 0.717) is 17.4 Å². The van der Waals surface area contributed by atoms with Crippen LogP contribution in [0.5, 0.6) is 0 Å². The number of quaternary nitrogens is 1. The van der Waals surface area contributed by atoms with Gasteiger partial charge in [0.05, 0.1) is 33.8 Å². The Morgan fingerprint density at radius 2 is 0.626 bits per heavy atom. The van der Waals surface area contributed by atoms with Crippen molar-refractivity contribution >= 4 is 19.7 Å². The van der Waals surface area contributed by atoms with Crippen molar-refractivity contribution in [2.24, 2.45) is 0 Å². The van der Waals surface area contributed by atoms with Crippen molar-refractivity contribution in [3.8, 4) is 0 Å². The predicted molar refractivity (Wildman–Crippen MR) is 395 cm³/mol. The van der Waals surface area contributed by atoms with Gasteiger partial charge in [0.1, 0.15) is 19.3 Å². The molecule has 0 aliphatic carbocycles. The Morgan fingerprint density at radius 3 is 0.901 bits per heavy atom. The first kappa shape index (κ1) is 89.8. The summed E-state index contributed by atoms with van der Waals surface area (Å²) < 4.78 is 30.6. The fraction of sp³-hybridized carbons (Fsp3) is 0.951. The minimum Gasteiger partial charge on any atom is -0.756 e. The Balaban J connectivity index is 4.88. The molecular formula is C81H161N2O7P. The number of nitrogens with zero attached hydrogens (tertiary/aromatic N) is 1. The van der Waals surface area contributed by atoms with Crippen LogP contribution in [0, 0.1) is 0 Å². The number of amides is 1. The molecule has 1 N–H and O–H groups in total. The third kappa shape index (κ3) is 72.9. The minimum absolute atomic E-state index is 0.0161. The summed E-state index contributed by atoms with van der Waals surface area (Å²) in [5.41, 5.74) is 0. The molecule has 0 radical (unpaired) electrons. The zero-order valence-corrected chi connectivity index (χ0v) is 63.2. The van der Waals surface area contributed by atoms with Gasteiger partial charge in [-0.15, -0.1) is 0 Å². The third-order valence-corrected chi connectivity index (χ3v) is 20.2. The number of allylic oxidation sites excluding steroid dienone is 1. The highest BCUT2D eigenvalue weighted by atomic mass is 31.2. The van der Waals surface area contributed by atoms with E-state index in [9.17, 15) is 19.0 Å². The normalized spacial score (nSPS) is 13.4. The lowest BCUT2D eigenvalue weighted by molar-refractivity contribution is -0.870.